The number of anilines is 2. The van der Waals surface area contributed by atoms with Crippen LogP contribution in [0.3, 0.4) is 0 Å². The van der Waals surface area contributed by atoms with Crippen LogP contribution in [0.2, 0.25) is 0 Å². The van der Waals surface area contributed by atoms with Crippen LogP contribution in [0.5, 0.6) is 11.9 Å². The Balaban J connectivity index is 1.58. The van der Waals surface area contributed by atoms with Crippen molar-refractivity contribution in [1.29, 1.82) is 0 Å². The average molecular weight is 640 g/mol. The van der Waals surface area contributed by atoms with Crippen molar-refractivity contribution in [3.05, 3.63) is 28.8 Å². The molecule has 15 heteroatoms. The highest BCUT2D eigenvalue weighted by Crippen LogP contribution is 2.45. The largest absolute Gasteiger partial charge is 0.474 e. The van der Waals surface area contributed by atoms with Gasteiger partial charge in [-0.1, -0.05) is 6.92 Å². The molecule has 2 aliphatic rings. The maximum Gasteiger partial charge on any atom is 0.417 e. The second-order valence-corrected chi connectivity index (χ2v) is 11.8. The molecule has 2 aromatic heterocycles. The summed E-state index contributed by atoms with van der Waals surface area (Å²) in [5, 5.41) is 6.14. The number of pyridine rings is 1. The predicted molar refractivity (Wildman–Crippen MR) is 159 cm³/mol. The zero-order valence-corrected chi connectivity index (χ0v) is 25.7. The number of ether oxygens (including phenoxy) is 3. The minimum Gasteiger partial charge on any atom is -0.474 e. The Hall–Kier alpha value is -3.56. The molecule has 4 heterocycles. The van der Waals surface area contributed by atoms with Crippen molar-refractivity contribution in [2.45, 2.75) is 45.9 Å². The van der Waals surface area contributed by atoms with Crippen molar-refractivity contribution in [2.75, 3.05) is 70.6 Å². The molecule has 2 aliphatic heterocycles. The Morgan fingerprint density at radius 3 is 2.49 bits per heavy atom. The first kappa shape index (κ1) is 32.8. The van der Waals surface area contributed by atoms with Gasteiger partial charge in [0.15, 0.2) is 5.82 Å². The molecule has 1 spiro atoms. The van der Waals surface area contributed by atoms with E-state index in [1.165, 1.54) is 0 Å². The van der Waals surface area contributed by atoms with Crippen LogP contribution in [0.4, 0.5) is 33.5 Å². The molecule has 0 aliphatic carbocycles. The molecule has 0 bridgehead atoms. The van der Waals surface area contributed by atoms with E-state index in [-0.39, 0.29) is 40.6 Å². The number of halogens is 5. The van der Waals surface area contributed by atoms with Gasteiger partial charge >= 0.3 is 12.2 Å². The van der Waals surface area contributed by atoms with Gasteiger partial charge in [0.25, 0.3) is 0 Å². The molecule has 10 nitrogen and oxygen atoms in total. The number of hydrogen-bond donors (Lipinski definition) is 3. The number of nitrogens with one attached hydrogen (secondary N) is 2. The fraction of sp³-hybridized carbons (Fsp3) is 0.567. The number of rotatable bonds is 13. The molecule has 0 radical (unpaired) electrons. The molecule has 1 aromatic carbocycles. The second kappa shape index (κ2) is 13.0. The minimum atomic E-state index is -5.05. The molecular formula is C30H38F5N7O3. The van der Waals surface area contributed by atoms with Gasteiger partial charge in [-0.25, -0.2) is 13.8 Å². The topological polar surface area (TPSA) is 120 Å². The first-order valence-electron chi connectivity index (χ1n) is 14.9. The normalized spacial score (nSPS) is 16.8. The summed E-state index contributed by atoms with van der Waals surface area (Å²) in [6.07, 6.45) is -4.33. The van der Waals surface area contributed by atoms with Crippen LogP contribution in [0.15, 0.2) is 6.07 Å². The van der Waals surface area contributed by atoms with Crippen molar-refractivity contribution >= 4 is 22.4 Å². The highest BCUT2D eigenvalue weighted by Gasteiger charge is 2.48. The standard InChI is InChI=1S/C30H38F5N7O3/c1-5-16(2)45-27-20-25(23(32)24(39-27)18-11-19(36)22(31)17(3)21(18)30(33,34)35)40-28(41-26(20)38-8-7-37-4)44-10-6-9-42-12-29(13-42)14-43-15-29/h11,16,37H,5-10,12-15,36H2,1-4H3,(H,38,40,41). The van der Waals surface area contributed by atoms with Crippen molar-refractivity contribution in [1.82, 2.24) is 25.2 Å². The van der Waals surface area contributed by atoms with Gasteiger partial charge in [-0.2, -0.15) is 23.1 Å². The SMILES string of the molecule is CCC(C)Oc1nc(-c2cc(N)c(F)c(C)c2C(F)(F)F)c(F)c2nc(OCCCN3CC4(COC4)C3)nc(NCCNC)c12. The smallest absolute Gasteiger partial charge is 0.417 e. The van der Waals surface area contributed by atoms with Gasteiger partial charge < -0.3 is 35.5 Å². The third-order valence-electron chi connectivity index (χ3n) is 8.14. The molecule has 2 saturated heterocycles. The van der Waals surface area contributed by atoms with E-state index in [1.54, 1.807) is 14.0 Å². The lowest BCUT2D eigenvalue weighted by Gasteiger charge is -2.55. The van der Waals surface area contributed by atoms with E-state index >= 15 is 4.39 Å². The summed E-state index contributed by atoms with van der Waals surface area (Å²) in [5.41, 5.74) is 1.42. The van der Waals surface area contributed by atoms with Crippen LogP contribution in [0.25, 0.3) is 22.2 Å². The molecule has 2 fully saturated rings. The Morgan fingerprint density at radius 1 is 1.13 bits per heavy atom. The van der Waals surface area contributed by atoms with Crippen molar-refractivity contribution in [3.63, 3.8) is 0 Å². The molecule has 246 valence electrons. The van der Waals surface area contributed by atoms with E-state index in [9.17, 15) is 17.6 Å². The van der Waals surface area contributed by atoms with Crippen LogP contribution in [0, 0.1) is 24.0 Å². The number of alkyl halides is 3. The number of benzene rings is 1. The zero-order valence-electron chi connectivity index (χ0n) is 25.7. The number of nitrogen functional groups attached to an aromatic ring is 1. The highest BCUT2D eigenvalue weighted by atomic mass is 19.4. The summed E-state index contributed by atoms with van der Waals surface area (Å²) in [5.74, 6) is -2.47. The Morgan fingerprint density at radius 2 is 1.87 bits per heavy atom. The van der Waals surface area contributed by atoms with Gasteiger partial charge in [0.1, 0.15) is 28.2 Å². The van der Waals surface area contributed by atoms with Crippen LogP contribution in [-0.2, 0) is 10.9 Å². The Labute approximate surface area is 257 Å². The van der Waals surface area contributed by atoms with Gasteiger partial charge in [-0.3, -0.25) is 0 Å². The lowest BCUT2D eigenvalue weighted by atomic mass is 9.78. The maximum atomic E-state index is 16.5. The number of likely N-dealkylation sites (tertiary alicyclic amines) is 1. The van der Waals surface area contributed by atoms with E-state index in [0.717, 1.165) is 45.8 Å². The van der Waals surface area contributed by atoms with Gasteiger partial charge in [0.2, 0.25) is 5.88 Å². The lowest BCUT2D eigenvalue weighted by Crippen LogP contribution is -2.65. The van der Waals surface area contributed by atoms with Crippen molar-refractivity contribution in [3.8, 4) is 23.1 Å². The van der Waals surface area contributed by atoms with Crippen molar-refractivity contribution < 1.29 is 36.2 Å². The number of nitrogens with two attached hydrogens (primary N) is 1. The monoisotopic (exact) mass is 639 g/mol. The van der Waals surface area contributed by atoms with E-state index in [1.807, 2.05) is 6.92 Å². The van der Waals surface area contributed by atoms with Crippen molar-refractivity contribution in [2.24, 2.45) is 5.41 Å². The maximum absolute atomic E-state index is 16.5. The summed E-state index contributed by atoms with van der Waals surface area (Å²) in [6.45, 7) is 9.90. The third kappa shape index (κ3) is 6.70. The van der Waals surface area contributed by atoms with Crippen LogP contribution < -0.4 is 25.8 Å². The van der Waals surface area contributed by atoms with Gasteiger partial charge in [0, 0.05) is 43.7 Å². The highest BCUT2D eigenvalue weighted by molar-refractivity contribution is 5.96. The molecule has 0 amide bonds. The fourth-order valence-electron chi connectivity index (χ4n) is 5.61. The molecule has 45 heavy (non-hydrogen) atoms. The molecule has 0 saturated carbocycles. The van der Waals surface area contributed by atoms with Crippen LogP contribution >= 0.6 is 0 Å². The van der Waals surface area contributed by atoms with E-state index in [4.69, 9.17) is 19.9 Å². The van der Waals surface area contributed by atoms with E-state index in [2.05, 4.69) is 30.5 Å². The molecule has 3 aromatic rings. The number of hydrogen-bond acceptors (Lipinski definition) is 10. The minimum absolute atomic E-state index is 0.0361. The first-order chi connectivity index (χ1) is 21.4. The summed E-state index contributed by atoms with van der Waals surface area (Å²) < 4.78 is 91.1. The molecule has 1 unspecified atom stereocenters. The van der Waals surface area contributed by atoms with E-state index in [0.29, 0.717) is 25.9 Å². The lowest BCUT2D eigenvalue weighted by molar-refractivity contribution is -0.189. The third-order valence-corrected chi connectivity index (χ3v) is 8.14. The quantitative estimate of drug-likeness (QED) is 0.137. The summed E-state index contributed by atoms with van der Waals surface area (Å²) >= 11 is 0. The zero-order chi connectivity index (χ0) is 32.5. The Kier molecular flexibility index (Phi) is 9.52. The number of aromatic nitrogens is 3. The summed E-state index contributed by atoms with van der Waals surface area (Å²) in [4.78, 5) is 15.3. The molecule has 4 N–H and O–H groups in total. The Bertz CT molecular complexity index is 1540. The molecule has 1 atom stereocenters. The number of fused-ring (bicyclic) bond motifs is 1. The van der Waals surface area contributed by atoms with Crippen LogP contribution in [-0.4, -0.2) is 85.5 Å². The first-order valence-corrected chi connectivity index (χ1v) is 14.9. The van der Waals surface area contributed by atoms with Crippen LogP contribution in [0.1, 0.15) is 37.8 Å². The van der Waals surface area contributed by atoms with Gasteiger partial charge in [0.05, 0.1) is 37.2 Å². The predicted octanol–water partition coefficient (Wildman–Crippen LogP) is 4.79. The summed E-state index contributed by atoms with van der Waals surface area (Å²) in [7, 11) is 1.76. The number of nitrogens with zero attached hydrogens (tertiary/aromatic N) is 4. The second-order valence-electron chi connectivity index (χ2n) is 11.8. The molecule has 5 rings (SSSR count). The fourth-order valence-corrected chi connectivity index (χ4v) is 5.61. The van der Waals surface area contributed by atoms with Gasteiger partial charge in [-0.15, -0.1) is 0 Å². The van der Waals surface area contributed by atoms with Gasteiger partial charge in [-0.05, 0) is 45.4 Å². The van der Waals surface area contributed by atoms with E-state index < -0.39 is 52.0 Å². The average Bonchev–Trinajstić information content (AvgIpc) is 2.94. The summed E-state index contributed by atoms with van der Waals surface area (Å²) in [6, 6.07) is 0.564. The molecular weight excluding hydrogens is 601 g/mol. The number of likely N-dealkylation sites (N-methyl/N-ethyl adjacent to an activating group) is 1.